The molecule has 1 unspecified atom stereocenters. The summed E-state index contributed by atoms with van der Waals surface area (Å²) in [6.07, 6.45) is 1.99. The molecule has 0 N–H and O–H groups in total. The van der Waals surface area contributed by atoms with Gasteiger partial charge >= 0.3 is 18.1 Å². The van der Waals surface area contributed by atoms with Crippen molar-refractivity contribution < 1.29 is 20.6 Å². The van der Waals surface area contributed by atoms with Crippen molar-refractivity contribution in [3.8, 4) is 0 Å². The highest BCUT2D eigenvalue weighted by Crippen LogP contribution is 2.18. The molecule has 0 aliphatic rings. The van der Waals surface area contributed by atoms with Crippen LogP contribution in [0.3, 0.4) is 0 Å². The van der Waals surface area contributed by atoms with E-state index in [0.29, 0.717) is 12.1 Å². The van der Waals surface area contributed by atoms with E-state index in [2.05, 4.69) is 39.7 Å². The van der Waals surface area contributed by atoms with E-state index in [1.54, 1.807) is 0 Å². The molecule has 4 nitrogen and oxygen atoms in total. The second kappa shape index (κ2) is 9.68. The van der Waals surface area contributed by atoms with Gasteiger partial charge in [0.05, 0.1) is 6.61 Å². The van der Waals surface area contributed by atoms with E-state index in [0.717, 1.165) is 6.42 Å². The van der Waals surface area contributed by atoms with Crippen LogP contribution in [0.15, 0.2) is 12.7 Å². The third-order valence-corrected chi connectivity index (χ3v) is 10.0. The summed E-state index contributed by atoms with van der Waals surface area (Å²) in [5.74, 6) is -0.362. The van der Waals surface area contributed by atoms with Crippen LogP contribution in [0.5, 0.6) is 0 Å². The number of hydrogen-bond acceptors (Lipinski definition) is 4. The van der Waals surface area contributed by atoms with E-state index in [9.17, 15) is 4.79 Å². The summed E-state index contributed by atoms with van der Waals surface area (Å²) in [4.78, 5) is 10.9. The average Bonchev–Trinajstić information content (AvgIpc) is 2.26. The molecule has 0 aromatic carbocycles. The zero-order chi connectivity index (χ0) is 14.1. The largest absolute Gasteiger partial charge is 1.00 e. The first-order chi connectivity index (χ1) is 8.36. The molecule has 0 fully saturated rings. The fourth-order valence-electron chi connectivity index (χ4n) is 1.38. The van der Waals surface area contributed by atoms with Crippen molar-refractivity contribution in [2.75, 3.05) is 6.61 Å². The van der Waals surface area contributed by atoms with E-state index in [1.165, 1.54) is 6.08 Å². The standard InChI is InChI=1S/C11H26O4Si3/c1-7-11(12)13-9-8-10(2)18(14-16(3)4)15-17(5)6/h7,10,16-18H,1,8-9H2,2-6H3/p+2. The highest BCUT2D eigenvalue weighted by Gasteiger charge is 2.24. The molecule has 1 atom stereocenters. The maximum absolute atomic E-state index is 10.9. The quantitative estimate of drug-likeness (QED) is 0.371. The zero-order valence-corrected chi connectivity index (χ0v) is 15.6. The smallest absolute Gasteiger partial charge is 0.463 e. The lowest BCUT2D eigenvalue weighted by molar-refractivity contribution is -0.137. The second-order valence-electron chi connectivity index (χ2n) is 4.88. The summed E-state index contributed by atoms with van der Waals surface area (Å²) in [5.41, 5.74) is 0.368. The Hall–Kier alpha value is -0.219. The summed E-state index contributed by atoms with van der Waals surface area (Å²) in [6.45, 7) is 14.6. The Morgan fingerprint density at radius 1 is 1.28 bits per heavy atom. The molecule has 0 aliphatic carbocycles. The van der Waals surface area contributed by atoms with E-state index >= 15 is 0 Å². The van der Waals surface area contributed by atoms with Crippen LogP contribution in [-0.4, -0.2) is 39.9 Å². The molecular formula is C11H28O4Si3+2. The van der Waals surface area contributed by atoms with Crippen molar-refractivity contribution in [2.24, 2.45) is 0 Å². The van der Waals surface area contributed by atoms with Crippen LogP contribution < -0.4 is 0 Å². The Morgan fingerprint density at radius 3 is 2.17 bits per heavy atom. The van der Waals surface area contributed by atoms with Gasteiger partial charge in [0.25, 0.3) is 0 Å². The Kier molecular flexibility index (Phi) is 9.56. The molecule has 7 heteroatoms. The number of ether oxygens (including phenoxy) is 1. The molecule has 0 aromatic rings. The van der Waals surface area contributed by atoms with Gasteiger partial charge in [-0.3, -0.25) is 0 Å². The zero-order valence-electron chi connectivity index (χ0n) is 14.1. The Bertz CT molecular complexity index is 258. The van der Waals surface area contributed by atoms with Gasteiger partial charge in [-0.2, -0.15) is 0 Å². The minimum Gasteiger partial charge on any atom is -0.463 e. The predicted octanol–water partition coefficient (Wildman–Crippen LogP) is 1.94. The highest BCUT2D eigenvalue weighted by molar-refractivity contribution is 6.68. The molecule has 0 spiro atoms. The van der Waals surface area contributed by atoms with Crippen molar-refractivity contribution in [2.45, 2.75) is 45.1 Å². The summed E-state index contributed by atoms with van der Waals surface area (Å²) in [6, 6.07) is 0. The Labute approximate surface area is 119 Å². The van der Waals surface area contributed by atoms with Crippen molar-refractivity contribution in [1.29, 1.82) is 0 Å². The highest BCUT2D eigenvalue weighted by atomic mass is 28.4. The summed E-state index contributed by atoms with van der Waals surface area (Å²) < 4.78 is 17.1. The number of carbonyl (C=O) groups excluding carboxylic acids is 1. The molecular weight excluding hydrogens is 280 g/mol. The summed E-state index contributed by atoms with van der Waals surface area (Å²) >= 11 is 0. The lowest BCUT2D eigenvalue weighted by Gasteiger charge is -2.26. The average molecular weight is 309 g/mol. The maximum atomic E-state index is 10.9. The molecule has 0 rings (SSSR count). The first kappa shape index (κ1) is 17.8. The molecule has 0 amide bonds. The van der Waals surface area contributed by atoms with Crippen molar-refractivity contribution >= 4 is 33.3 Å². The van der Waals surface area contributed by atoms with Crippen molar-refractivity contribution in [3.63, 3.8) is 0 Å². The molecule has 0 aliphatic heterocycles. The van der Waals surface area contributed by atoms with Gasteiger partial charge in [-0.25, -0.2) is 4.79 Å². The van der Waals surface area contributed by atoms with Crippen LogP contribution in [0.2, 0.25) is 31.7 Å². The second-order valence-corrected chi connectivity index (χ2v) is 13.1. The van der Waals surface area contributed by atoms with Gasteiger partial charge in [-0.05, 0) is 38.2 Å². The fraction of sp³-hybridized carbons (Fsp3) is 0.727. The molecule has 18 heavy (non-hydrogen) atoms. The van der Waals surface area contributed by atoms with Gasteiger partial charge in [0.1, 0.15) is 0 Å². The molecule has 0 aromatic heterocycles. The van der Waals surface area contributed by atoms with Gasteiger partial charge < -0.3 is 13.0 Å². The van der Waals surface area contributed by atoms with E-state index in [1.807, 2.05) is 0 Å². The van der Waals surface area contributed by atoms with Gasteiger partial charge in [-0.1, -0.05) is 13.5 Å². The van der Waals surface area contributed by atoms with Gasteiger partial charge in [0.15, 0.2) is 18.1 Å². The maximum Gasteiger partial charge on any atom is 1.00 e. The fourth-order valence-corrected chi connectivity index (χ4v) is 9.06. The van der Waals surface area contributed by atoms with Gasteiger partial charge in [0.2, 0.25) is 0 Å². The summed E-state index contributed by atoms with van der Waals surface area (Å²) in [5, 5.41) is 0. The molecule has 0 bridgehead atoms. The van der Waals surface area contributed by atoms with E-state index in [4.69, 9.17) is 13.0 Å². The molecule has 0 saturated carbocycles. The molecule has 0 radical (unpaired) electrons. The minimum atomic E-state index is -1.61. The molecule has 106 valence electrons. The van der Waals surface area contributed by atoms with Crippen molar-refractivity contribution in [1.82, 2.24) is 0 Å². The number of rotatable bonds is 9. The lowest BCUT2D eigenvalue weighted by atomic mass is 10.3. The van der Waals surface area contributed by atoms with Crippen LogP contribution in [0.1, 0.15) is 16.2 Å². The monoisotopic (exact) mass is 308 g/mol. The topological polar surface area (TPSA) is 44.8 Å². The number of carbonyl (C=O) groups is 1. The lowest BCUT2D eigenvalue weighted by Crippen LogP contribution is -2.36. The normalized spacial score (nSPS) is 13.1. The first-order valence-electron chi connectivity index (χ1n) is 6.46. The third kappa shape index (κ3) is 8.81. The van der Waals surface area contributed by atoms with Crippen LogP contribution in [0, 0.1) is 0 Å². The summed E-state index contributed by atoms with van der Waals surface area (Å²) in [7, 11) is -3.75. The molecule has 0 heterocycles. The Balaban J connectivity index is -0.00000144. The van der Waals surface area contributed by atoms with Crippen LogP contribution in [0.4, 0.5) is 0 Å². The minimum absolute atomic E-state index is 0. The Morgan fingerprint density at radius 2 is 1.78 bits per heavy atom. The predicted molar refractivity (Wildman–Crippen MR) is 84.5 cm³/mol. The molecule has 0 saturated heterocycles. The SMILES string of the molecule is C=CC(=O)OCCC(C)[SiH](O[SiH](C)C)O[SiH](C)C.[H+].[H+]. The van der Waals surface area contributed by atoms with Crippen molar-refractivity contribution in [3.05, 3.63) is 12.7 Å². The third-order valence-electron chi connectivity index (χ3n) is 2.26. The van der Waals surface area contributed by atoms with Crippen LogP contribution in [0.25, 0.3) is 0 Å². The number of esters is 1. The van der Waals surface area contributed by atoms with E-state index < -0.39 is 27.4 Å². The first-order valence-corrected chi connectivity index (χ1v) is 13.6. The van der Waals surface area contributed by atoms with Gasteiger partial charge in [0, 0.05) is 6.08 Å². The van der Waals surface area contributed by atoms with E-state index in [-0.39, 0.29) is 8.82 Å². The van der Waals surface area contributed by atoms with Crippen LogP contribution in [-0.2, 0) is 17.8 Å². The van der Waals surface area contributed by atoms with Gasteiger partial charge in [-0.15, -0.1) is 0 Å². The van der Waals surface area contributed by atoms with Crippen LogP contribution >= 0.6 is 0 Å². The number of hydrogen-bond donors (Lipinski definition) is 0.